The van der Waals surface area contributed by atoms with E-state index >= 15 is 0 Å². The van der Waals surface area contributed by atoms with Gasteiger partial charge < -0.3 is 10.3 Å². The molecule has 1 aromatic carbocycles. The molecule has 27 heavy (non-hydrogen) atoms. The fraction of sp³-hybridized carbons (Fsp3) is 0.350. The number of aryl methyl sites for hydroxylation is 1. The van der Waals surface area contributed by atoms with Gasteiger partial charge in [-0.1, -0.05) is 42.1 Å². The van der Waals surface area contributed by atoms with Gasteiger partial charge in [0.05, 0.1) is 17.3 Å². The van der Waals surface area contributed by atoms with Crippen molar-refractivity contribution in [2.45, 2.75) is 44.9 Å². The number of H-pyrrole nitrogens is 1. The first kappa shape index (κ1) is 19.2. The van der Waals surface area contributed by atoms with Gasteiger partial charge in [-0.2, -0.15) is 0 Å². The Bertz CT molecular complexity index is 1010. The van der Waals surface area contributed by atoms with Crippen molar-refractivity contribution in [1.29, 1.82) is 0 Å². The highest BCUT2D eigenvalue weighted by molar-refractivity contribution is 7.99. The molecule has 0 saturated heterocycles. The highest BCUT2D eigenvalue weighted by Gasteiger charge is 2.17. The average molecular weight is 385 g/mol. The Kier molecular flexibility index (Phi) is 5.70. The lowest BCUT2D eigenvalue weighted by molar-refractivity contribution is -0.119. The first-order valence-electron chi connectivity index (χ1n) is 8.95. The van der Waals surface area contributed by atoms with E-state index in [4.69, 9.17) is 0 Å². The van der Waals surface area contributed by atoms with Gasteiger partial charge in [-0.15, -0.1) is 0 Å². The highest BCUT2D eigenvalue weighted by Crippen LogP contribution is 2.21. The Morgan fingerprint density at radius 3 is 2.63 bits per heavy atom. The molecule has 3 rings (SSSR count). The van der Waals surface area contributed by atoms with Crippen LogP contribution in [0.1, 0.15) is 44.1 Å². The summed E-state index contributed by atoms with van der Waals surface area (Å²) in [5.41, 5.74) is 2.98. The Morgan fingerprint density at radius 1 is 1.26 bits per heavy atom. The lowest BCUT2D eigenvalue weighted by Crippen LogP contribution is -2.29. The fourth-order valence-corrected chi connectivity index (χ4v) is 3.92. The number of hydrogen-bond donors (Lipinski definition) is 2. The van der Waals surface area contributed by atoms with Crippen LogP contribution in [0, 0.1) is 6.92 Å². The quantitative estimate of drug-likeness (QED) is 0.503. The van der Waals surface area contributed by atoms with Gasteiger partial charge in [-0.3, -0.25) is 14.2 Å². The highest BCUT2D eigenvalue weighted by atomic mass is 32.2. The number of benzene rings is 1. The first-order valence-corrected chi connectivity index (χ1v) is 9.94. The largest absolute Gasteiger partial charge is 0.353 e. The molecule has 3 aromatic rings. The van der Waals surface area contributed by atoms with Crippen molar-refractivity contribution >= 4 is 28.7 Å². The van der Waals surface area contributed by atoms with Crippen LogP contribution in [0.25, 0.3) is 11.0 Å². The number of thioether (sulfide) groups is 1. The summed E-state index contributed by atoms with van der Waals surface area (Å²) in [6.07, 6.45) is 0. The van der Waals surface area contributed by atoms with Crippen LogP contribution in [-0.4, -0.2) is 26.2 Å². The van der Waals surface area contributed by atoms with Gasteiger partial charge in [0.15, 0.2) is 5.16 Å². The molecule has 0 aliphatic heterocycles. The summed E-state index contributed by atoms with van der Waals surface area (Å²) in [5.74, 6) is 0.108. The normalized spacial score (nSPS) is 12.5. The minimum atomic E-state index is -0.108. The Morgan fingerprint density at radius 2 is 1.96 bits per heavy atom. The van der Waals surface area contributed by atoms with Gasteiger partial charge in [-0.25, -0.2) is 4.98 Å². The molecule has 0 bridgehead atoms. The third-order valence-electron chi connectivity index (χ3n) is 4.31. The van der Waals surface area contributed by atoms with Gasteiger partial charge >= 0.3 is 0 Å². The minimum Gasteiger partial charge on any atom is -0.353 e. The average Bonchev–Trinajstić information content (AvgIpc) is 3.01. The Hall–Kier alpha value is -2.54. The summed E-state index contributed by atoms with van der Waals surface area (Å²) in [7, 11) is 0. The summed E-state index contributed by atoms with van der Waals surface area (Å²) in [6, 6.07) is 11.5. The monoisotopic (exact) mass is 384 g/mol. The van der Waals surface area contributed by atoms with Crippen LogP contribution in [-0.2, 0) is 4.79 Å². The van der Waals surface area contributed by atoms with Crippen LogP contribution < -0.4 is 10.9 Å². The third-order valence-corrected chi connectivity index (χ3v) is 5.26. The molecule has 0 radical (unpaired) electrons. The fourth-order valence-electron chi connectivity index (χ4n) is 2.99. The van der Waals surface area contributed by atoms with E-state index in [1.165, 1.54) is 11.8 Å². The van der Waals surface area contributed by atoms with Crippen molar-refractivity contribution in [3.05, 3.63) is 58.0 Å². The van der Waals surface area contributed by atoms with E-state index in [9.17, 15) is 9.59 Å². The van der Waals surface area contributed by atoms with Crippen molar-refractivity contribution in [2.75, 3.05) is 5.75 Å². The van der Waals surface area contributed by atoms with Crippen LogP contribution in [0.2, 0.25) is 0 Å². The van der Waals surface area contributed by atoms with Crippen molar-refractivity contribution < 1.29 is 4.79 Å². The molecular formula is C20H24N4O2S. The smallest absolute Gasteiger partial charge is 0.278 e. The maximum absolute atomic E-state index is 12.8. The molecule has 1 atom stereocenters. The molecular weight excluding hydrogens is 360 g/mol. The number of nitrogens with one attached hydrogen (secondary N) is 2. The summed E-state index contributed by atoms with van der Waals surface area (Å²) in [5, 5.41) is 3.55. The molecule has 0 saturated carbocycles. The molecule has 0 fully saturated rings. The molecule has 0 unspecified atom stereocenters. The molecule has 6 nitrogen and oxygen atoms in total. The van der Waals surface area contributed by atoms with E-state index in [0.717, 1.165) is 11.3 Å². The number of carbonyl (C=O) groups is 1. The van der Waals surface area contributed by atoms with E-state index in [0.29, 0.717) is 16.2 Å². The predicted molar refractivity (Wildman–Crippen MR) is 109 cm³/mol. The number of fused-ring (bicyclic) bond motifs is 1. The van der Waals surface area contributed by atoms with Gasteiger partial charge in [0.25, 0.3) is 5.56 Å². The minimum absolute atomic E-state index is 0.0493. The van der Waals surface area contributed by atoms with E-state index in [1.807, 2.05) is 64.1 Å². The zero-order chi connectivity index (χ0) is 19.6. The lowest BCUT2D eigenvalue weighted by Gasteiger charge is -2.16. The van der Waals surface area contributed by atoms with Crippen LogP contribution >= 0.6 is 11.8 Å². The topological polar surface area (TPSA) is 79.8 Å². The molecule has 2 N–H and O–H groups in total. The van der Waals surface area contributed by atoms with Crippen LogP contribution in [0.4, 0.5) is 0 Å². The number of aromatic nitrogens is 3. The van der Waals surface area contributed by atoms with Gasteiger partial charge in [-0.05, 0) is 39.3 Å². The number of hydrogen-bond acceptors (Lipinski definition) is 4. The van der Waals surface area contributed by atoms with Gasteiger partial charge in [0.2, 0.25) is 5.91 Å². The standard InChI is InChI=1S/C20H24N4O2S/c1-12(2)24-19(26)18-16(10-13(3)21-18)23-20(24)27-11-17(25)22-14(4)15-8-6-5-7-9-15/h5-10,12,14,21H,11H2,1-4H3,(H,22,25)/t14-/m1/s1. The molecule has 0 spiro atoms. The summed E-state index contributed by atoms with van der Waals surface area (Å²) in [6.45, 7) is 7.72. The van der Waals surface area contributed by atoms with Crippen LogP contribution in [0.15, 0.2) is 46.3 Å². The molecule has 1 amide bonds. The number of carbonyl (C=O) groups excluding carboxylic acids is 1. The van der Waals surface area contributed by atoms with Crippen molar-refractivity contribution in [3.8, 4) is 0 Å². The maximum Gasteiger partial charge on any atom is 0.278 e. The van der Waals surface area contributed by atoms with Crippen molar-refractivity contribution in [1.82, 2.24) is 19.9 Å². The van der Waals surface area contributed by atoms with E-state index in [2.05, 4.69) is 15.3 Å². The van der Waals surface area contributed by atoms with Crippen LogP contribution in [0.3, 0.4) is 0 Å². The first-order chi connectivity index (χ1) is 12.9. The lowest BCUT2D eigenvalue weighted by atomic mass is 10.1. The van der Waals surface area contributed by atoms with E-state index in [1.54, 1.807) is 4.57 Å². The molecule has 142 valence electrons. The SMILES string of the molecule is Cc1cc2nc(SCC(=O)N[C@H](C)c3ccccc3)n(C(C)C)c(=O)c2[nH]1. The summed E-state index contributed by atoms with van der Waals surface area (Å²) >= 11 is 1.28. The summed E-state index contributed by atoms with van der Waals surface area (Å²) in [4.78, 5) is 32.8. The zero-order valence-corrected chi connectivity index (χ0v) is 16.8. The molecule has 7 heteroatoms. The number of nitrogens with zero attached hydrogens (tertiary/aromatic N) is 2. The molecule has 2 aromatic heterocycles. The number of rotatable bonds is 6. The van der Waals surface area contributed by atoms with Crippen molar-refractivity contribution in [3.63, 3.8) is 0 Å². The second kappa shape index (κ2) is 8.00. The maximum atomic E-state index is 12.8. The van der Waals surface area contributed by atoms with Gasteiger partial charge in [0.1, 0.15) is 5.52 Å². The van der Waals surface area contributed by atoms with Crippen LogP contribution in [0.5, 0.6) is 0 Å². The number of aromatic amines is 1. The second-order valence-corrected chi connectivity index (χ2v) is 7.81. The second-order valence-electron chi connectivity index (χ2n) is 6.86. The third kappa shape index (κ3) is 4.24. The van der Waals surface area contributed by atoms with Crippen molar-refractivity contribution in [2.24, 2.45) is 0 Å². The van der Waals surface area contributed by atoms with E-state index < -0.39 is 0 Å². The predicted octanol–water partition coefficient (Wildman–Crippen LogP) is 3.58. The molecule has 2 heterocycles. The molecule has 0 aliphatic carbocycles. The number of amides is 1. The van der Waals surface area contributed by atoms with Gasteiger partial charge in [0, 0.05) is 11.7 Å². The Labute approximate surface area is 162 Å². The summed E-state index contributed by atoms with van der Waals surface area (Å²) < 4.78 is 1.64. The zero-order valence-electron chi connectivity index (χ0n) is 15.9. The van der Waals surface area contributed by atoms with E-state index in [-0.39, 0.29) is 29.3 Å². The molecule has 0 aliphatic rings. The Balaban J connectivity index is 1.77.